The Balaban J connectivity index is 2.37. The number of fused-ring (bicyclic) bond motifs is 1. The Morgan fingerprint density at radius 1 is 1.53 bits per heavy atom. The molecule has 1 aliphatic heterocycles. The number of benzene rings is 1. The van der Waals surface area contributed by atoms with Crippen molar-refractivity contribution in [1.29, 1.82) is 0 Å². The first-order valence-electron chi connectivity index (χ1n) is 6.54. The average molecular weight is 263 g/mol. The summed E-state index contributed by atoms with van der Waals surface area (Å²) in [6, 6.07) is 5.23. The Bertz CT molecular complexity index is 486. The van der Waals surface area contributed by atoms with Crippen molar-refractivity contribution in [1.82, 2.24) is 0 Å². The Hall–Kier alpha value is -1.75. The van der Waals surface area contributed by atoms with Crippen LogP contribution in [0.4, 0.5) is 11.4 Å². The minimum absolute atomic E-state index is 0.0314. The third-order valence-corrected chi connectivity index (χ3v) is 3.67. The summed E-state index contributed by atoms with van der Waals surface area (Å²) in [4.78, 5) is 13.3. The van der Waals surface area contributed by atoms with E-state index in [0.29, 0.717) is 12.1 Å². The van der Waals surface area contributed by atoms with Gasteiger partial charge in [0.1, 0.15) is 0 Å². The predicted octanol–water partition coefficient (Wildman–Crippen LogP) is 1.74. The average Bonchev–Trinajstić information content (AvgIpc) is 2.37. The number of nitrogens with zero attached hydrogens (tertiary/aromatic N) is 1. The molecule has 1 heterocycles. The molecule has 4 N–H and O–H groups in total. The number of carbonyl (C=O) groups is 1. The van der Waals surface area contributed by atoms with E-state index in [1.807, 2.05) is 6.07 Å². The molecule has 0 aliphatic carbocycles. The first kappa shape index (κ1) is 13.7. The molecule has 0 saturated heterocycles. The number of nitrogens with two attached hydrogens (primary N) is 1. The van der Waals surface area contributed by atoms with E-state index in [2.05, 4.69) is 24.1 Å². The lowest BCUT2D eigenvalue weighted by Crippen LogP contribution is -2.49. The fourth-order valence-corrected chi connectivity index (χ4v) is 2.59. The third kappa shape index (κ3) is 2.66. The van der Waals surface area contributed by atoms with Crippen LogP contribution in [0.5, 0.6) is 0 Å². The zero-order chi connectivity index (χ0) is 14.0. The van der Waals surface area contributed by atoms with E-state index in [1.165, 1.54) is 0 Å². The molecule has 1 aromatic rings. The van der Waals surface area contributed by atoms with Gasteiger partial charge in [-0.2, -0.15) is 0 Å². The van der Waals surface area contributed by atoms with E-state index in [-0.39, 0.29) is 5.54 Å². The minimum Gasteiger partial charge on any atom is -0.478 e. The number of aromatic carboxylic acids is 1. The highest BCUT2D eigenvalue weighted by Gasteiger charge is 2.30. The Morgan fingerprint density at radius 2 is 2.26 bits per heavy atom. The molecule has 0 radical (unpaired) electrons. The third-order valence-electron chi connectivity index (χ3n) is 3.67. The van der Waals surface area contributed by atoms with Gasteiger partial charge >= 0.3 is 5.97 Å². The highest BCUT2D eigenvalue weighted by atomic mass is 16.4. The molecule has 19 heavy (non-hydrogen) atoms. The molecule has 0 bridgehead atoms. The fraction of sp³-hybridized carbons (Fsp3) is 0.500. The van der Waals surface area contributed by atoms with Gasteiger partial charge in [0, 0.05) is 18.6 Å². The maximum atomic E-state index is 11.0. The summed E-state index contributed by atoms with van der Waals surface area (Å²) in [5, 5.41) is 12.3. The van der Waals surface area contributed by atoms with Gasteiger partial charge in [0.15, 0.2) is 0 Å². The van der Waals surface area contributed by atoms with Gasteiger partial charge < -0.3 is 21.1 Å². The van der Waals surface area contributed by atoms with Crippen molar-refractivity contribution in [3.05, 3.63) is 23.8 Å². The van der Waals surface area contributed by atoms with Crippen LogP contribution in [0.15, 0.2) is 18.2 Å². The summed E-state index contributed by atoms with van der Waals surface area (Å²) in [5.41, 5.74) is 7.90. The Kier molecular flexibility index (Phi) is 3.66. The molecule has 0 amide bonds. The summed E-state index contributed by atoms with van der Waals surface area (Å²) >= 11 is 0. The van der Waals surface area contributed by atoms with E-state index in [9.17, 15) is 4.79 Å². The number of anilines is 2. The van der Waals surface area contributed by atoms with Crippen molar-refractivity contribution >= 4 is 17.3 Å². The van der Waals surface area contributed by atoms with Crippen LogP contribution in [0, 0.1) is 0 Å². The SMILES string of the molecule is CC(C)(CCN)N1CCNc2cc(C(=O)O)ccc21. The number of carboxylic acids is 1. The van der Waals surface area contributed by atoms with Crippen molar-refractivity contribution in [3.8, 4) is 0 Å². The van der Waals surface area contributed by atoms with Gasteiger partial charge in [0.05, 0.1) is 16.9 Å². The van der Waals surface area contributed by atoms with E-state index < -0.39 is 5.97 Å². The Morgan fingerprint density at radius 3 is 2.89 bits per heavy atom. The second-order valence-electron chi connectivity index (χ2n) is 5.47. The maximum absolute atomic E-state index is 11.0. The zero-order valence-electron chi connectivity index (χ0n) is 11.4. The largest absolute Gasteiger partial charge is 0.478 e. The number of rotatable bonds is 4. The summed E-state index contributed by atoms with van der Waals surface area (Å²) in [6.45, 7) is 6.68. The zero-order valence-corrected chi connectivity index (χ0v) is 11.4. The lowest BCUT2D eigenvalue weighted by molar-refractivity contribution is 0.0697. The fourth-order valence-electron chi connectivity index (χ4n) is 2.59. The molecule has 0 unspecified atom stereocenters. The highest BCUT2D eigenvalue weighted by Crippen LogP contribution is 2.35. The van der Waals surface area contributed by atoms with Crippen LogP contribution in [0.3, 0.4) is 0 Å². The first-order chi connectivity index (χ1) is 8.95. The van der Waals surface area contributed by atoms with Gasteiger partial charge in [-0.15, -0.1) is 0 Å². The Labute approximate surface area is 113 Å². The van der Waals surface area contributed by atoms with Crippen molar-refractivity contribution in [2.75, 3.05) is 29.9 Å². The van der Waals surface area contributed by atoms with Gasteiger partial charge in [-0.1, -0.05) is 0 Å². The summed E-state index contributed by atoms with van der Waals surface area (Å²) < 4.78 is 0. The standard InChI is InChI=1S/C14H21N3O2/c1-14(2,5-6-15)17-8-7-16-11-9-10(13(18)19)3-4-12(11)17/h3-4,9,16H,5-8,15H2,1-2H3,(H,18,19). The summed E-state index contributed by atoms with van der Waals surface area (Å²) in [5.74, 6) is -0.900. The lowest BCUT2D eigenvalue weighted by Gasteiger charge is -2.44. The monoisotopic (exact) mass is 263 g/mol. The van der Waals surface area contributed by atoms with Crippen LogP contribution in [0.25, 0.3) is 0 Å². The molecule has 104 valence electrons. The van der Waals surface area contributed by atoms with Crippen LogP contribution in [0.1, 0.15) is 30.6 Å². The van der Waals surface area contributed by atoms with Gasteiger partial charge in [0.25, 0.3) is 0 Å². The van der Waals surface area contributed by atoms with Crippen molar-refractivity contribution in [3.63, 3.8) is 0 Å². The van der Waals surface area contributed by atoms with Crippen molar-refractivity contribution < 1.29 is 9.90 Å². The number of carboxylic acid groups (broad SMARTS) is 1. The molecule has 0 fully saturated rings. The van der Waals surface area contributed by atoms with E-state index in [4.69, 9.17) is 10.8 Å². The molecule has 1 aliphatic rings. The number of hydrogen-bond acceptors (Lipinski definition) is 4. The lowest BCUT2D eigenvalue weighted by atomic mass is 9.95. The van der Waals surface area contributed by atoms with Crippen LogP contribution in [-0.4, -0.2) is 36.2 Å². The second-order valence-corrected chi connectivity index (χ2v) is 5.47. The molecule has 5 heteroatoms. The molecular weight excluding hydrogens is 242 g/mol. The summed E-state index contributed by atoms with van der Waals surface area (Å²) in [7, 11) is 0. The predicted molar refractivity (Wildman–Crippen MR) is 77.0 cm³/mol. The molecule has 2 rings (SSSR count). The highest BCUT2D eigenvalue weighted by molar-refractivity contribution is 5.91. The topological polar surface area (TPSA) is 78.6 Å². The summed E-state index contributed by atoms with van der Waals surface area (Å²) in [6.07, 6.45) is 0.896. The smallest absolute Gasteiger partial charge is 0.335 e. The van der Waals surface area contributed by atoms with Crippen LogP contribution in [-0.2, 0) is 0 Å². The molecule has 0 aromatic heterocycles. The molecule has 5 nitrogen and oxygen atoms in total. The maximum Gasteiger partial charge on any atom is 0.335 e. The molecule has 0 saturated carbocycles. The van der Waals surface area contributed by atoms with Gasteiger partial charge in [-0.05, 0) is 45.0 Å². The van der Waals surface area contributed by atoms with Crippen molar-refractivity contribution in [2.45, 2.75) is 25.8 Å². The second kappa shape index (κ2) is 5.09. The van der Waals surface area contributed by atoms with E-state index in [1.54, 1.807) is 12.1 Å². The van der Waals surface area contributed by atoms with Crippen molar-refractivity contribution in [2.24, 2.45) is 5.73 Å². The molecule has 0 atom stereocenters. The first-order valence-corrected chi connectivity index (χ1v) is 6.54. The van der Waals surface area contributed by atoms with Crippen LogP contribution >= 0.6 is 0 Å². The van der Waals surface area contributed by atoms with Crippen LogP contribution in [0.2, 0.25) is 0 Å². The normalized spacial score (nSPS) is 14.8. The number of hydrogen-bond donors (Lipinski definition) is 3. The van der Waals surface area contributed by atoms with Gasteiger partial charge in [-0.3, -0.25) is 0 Å². The quantitative estimate of drug-likeness (QED) is 0.771. The van der Waals surface area contributed by atoms with Gasteiger partial charge in [-0.25, -0.2) is 4.79 Å². The van der Waals surface area contributed by atoms with Gasteiger partial charge in [0.2, 0.25) is 0 Å². The van der Waals surface area contributed by atoms with E-state index in [0.717, 1.165) is 30.9 Å². The van der Waals surface area contributed by atoms with Crippen LogP contribution < -0.4 is 16.0 Å². The molecular formula is C14H21N3O2. The number of nitrogens with one attached hydrogen (secondary N) is 1. The van der Waals surface area contributed by atoms with E-state index >= 15 is 0 Å². The molecule has 0 spiro atoms. The minimum atomic E-state index is -0.900. The molecule has 1 aromatic carbocycles.